The van der Waals surface area contributed by atoms with E-state index in [1.807, 2.05) is 0 Å². The van der Waals surface area contributed by atoms with Gasteiger partial charge in [-0.25, -0.2) is 13.6 Å². The molecule has 0 bridgehead atoms. The lowest BCUT2D eigenvalue weighted by Crippen LogP contribution is -2.11. The Bertz CT molecular complexity index is 761. The van der Waals surface area contributed by atoms with Gasteiger partial charge in [0.2, 0.25) is 10.0 Å². The summed E-state index contributed by atoms with van der Waals surface area (Å²) in [4.78, 5) is 1.38. The van der Waals surface area contributed by atoms with Crippen molar-refractivity contribution in [2.24, 2.45) is 5.14 Å². The number of hydrogen-bond acceptors (Lipinski definition) is 4. The molecular weight excluding hydrogens is 330 g/mol. The van der Waals surface area contributed by atoms with Gasteiger partial charge in [-0.05, 0) is 56.2 Å². The van der Waals surface area contributed by atoms with Crippen molar-refractivity contribution in [3.63, 3.8) is 0 Å². The van der Waals surface area contributed by atoms with Crippen molar-refractivity contribution in [1.82, 2.24) is 0 Å². The Labute approximate surface area is 142 Å². The van der Waals surface area contributed by atoms with Gasteiger partial charge in [0.1, 0.15) is 5.75 Å². The number of rotatable bonds is 6. The van der Waals surface area contributed by atoms with Gasteiger partial charge in [0, 0.05) is 10.6 Å². The summed E-state index contributed by atoms with van der Waals surface area (Å²) >= 11 is 1.77. The van der Waals surface area contributed by atoms with E-state index in [4.69, 9.17) is 9.88 Å². The summed E-state index contributed by atoms with van der Waals surface area (Å²) in [5, 5.41) is 5.06. The highest BCUT2D eigenvalue weighted by molar-refractivity contribution is 7.99. The van der Waals surface area contributed by atoms with Crippen molar-refractivity contribution in [2.75, 3.05) is 12.4 Å². The largest absolute Gasteiger partial charge is 0.493 e. The minimum atomic E-state index is -3.65. The summed E-state index contributed by atoms with van der Waals surface area (Å²) < 4.78 is 28.0. The first-order valence-corrected chi connectivity index (χ1v) is 9.77. The second-order valence-corrected chi connectivity index (χ2v) is 8.11. The van der Waals surface area contributed by atoms with E-state index in [2.05, 4.69) is 32.9 Å². The molecule has 0 saturated heterocycles. The molecule has 0 aliphatic rings. The lowest BCUT2D eigenvalue weighted by Gasteiger charge is -2.11. The summed E-state index contributed by atoms with van der Waals surface area (Å²) in [5.74, 6) is 1.46. The van der Waals surface area contributed by atoms with Gasteiger partial charge in [-0.1, -0.05) is 17.7 Å². The van der Waals surface area contributed by atoms with Crippen LogP contribution in [0.15, 0.2) is 46.2 Å². The van der Waals surface area contributed by atoms with E-state index in [1.54, 1.807) is 23.9 Å². The number of ether oxygens (including phenoxy) is 1. The molecule has 2 aromatic rings. The maximum atomic E-state index is 11.2. The number of nitrogens with two attached hydrogens (primary N) is 1. The topological polar surface area (TPSA) is 69.4 Å². The van der Waals surface area contributed by atoms with Crippen molar-refractivity contribution < 1.29 is 13.2 Å². The van der Waals surface area contributed by atoms with Crippen LogP contribution in [-0.2, 0) is 10.0 Å². The van der Waals surface area contributed by atoms with Crippen molar-refractivity contribution >= 4 is 21.8 Å². The van der Waals surface area contributed by atoms with Crippen LogP contribution in [0.3, 0.4) is 0 Å². The first-order valence-electron chi connectivity index (χ1n) is 7.23. The average Bonchev–Trinajstić information content (AvgIpc) is 2.45. The van der Waals surface area contributed by atoms with E-state index in [1.165, 1.54) is 33.7 Å². The Hall–Kier alpha value is -1.50. The number of benzene rings is 2. The third-order valence-electron chi connectivity index (χ3n) is 3.36. The molecule has 0 amide bonds. The van der Waals surface area contributed by atoms with E-state index in [9.17, 15) is 8.42 Å². The molecule has 0 heterocycles. The molecule has 0 saturated carbocycles. The van der Waals surface area contributed by atoms with Gasteiger partial charge >= 0.3 is 0 Å². The van der Waals surface area contributed by atoms with Gasteiger partial charge in [-0.3, -0.25) is 0 Å². The fraction of sp³-hybridized carbons (Fsp3) is 0.294. The maximum Gasteiger partial charge on any atom is 0.238 e. The van der Waals surface area contributed by atoms with Crippen LogP contribution in [0.2, 0.25) is 0 Å². The molecule has 4 nitrogen and oxygen atoms in total. The Kier molecular flexibility index (Phi) is 5.73. The summed E-state index contributed by atoms with van der Waals surface area (Å²) in [5.41, 5.74) is 3.84. The Morgan fingerprint density at radius 3 is 2.13 bits per heavy atom. The highest BCUT2D eigenvalue weighted by atomic mass is 32.2. The highest BCUT2D eigenvalue weighted by Crippen LogP contribution is 2.27. The van der Waals surface area contributed by atoms with E-state index >= 15 is 0 Å². The van der Waals surface area contributed by atoms with Crippen LogP contribution in [0.4, 0.5) is 0 Å². The van der Waals surface area contributed by atoms with Gasteiger partial charge < -0.3 is 4.74 Å². The zero-order chi connectivity index (χ0) is 17.0. The average molecular weight is 351 g/mol. The first-order chi connectivity index (χ1) is 10.8. The molecule has 0 aliphatic carbocycles. The monoisotopic (exact) mass is 351 g/mol. The van der Waals surface area contributed by atoms with Crippen LogP contribution in [-0.4, -0.2) is 20.8 Å². The van der Waals surface area contributed by atoms with Crippen molar-refractivity contribution in [2.45, 2.75) is 30.6 Å². The van der Waals surface area contributed by atoms with E-state index in [0.29, 0.717) is 12.4 Å². The molecular formula is C17H21NO3S2. The SMILES string of the molecule is Cc1cc(C)c(SCCOc2ccc(S(N)(=O)=O)cc2)c(C)c1. The summed E-state index contributed by atoms with van der Waals surface area (Å²) in [6.07, 6.45) is 0. The maximum absolute atomic E-state index is 11.2. The van der Waals surface area contributed by atoms with Gasteiger partial charge in [0.15, 0.2) is 0 Å². The van der Waals surface area contributed by atoms with Crippen LogP contribution < -0.4 is 9.88 Å². The van der Waals surface area contributed by atoms with Crippen LogP contribution in [0, 0.1) is 20.8 Å². The standard InChI is InChI=1S/C17H21NO3S2/c1-12-10-13(2)17(14(3)11-12)22-9-8-21-15-4-6-16(7-5-15)23(18,19)20/h4-7,10-11H,8-9H2,1-3H3,(H2,18,19,20). The summed E-state index contributed by atoms with van der Waals surface area (Å²) in [6, 6.07) is 10.5. The lowest BCUT2D eigenvalue weighted by molar-refractivity contribution is 0.343. The molecule has 124 valence electrons. The predicted octanol–water partition coefficient (Wildman–Crippen LogP) is 3.43. The molecule has 2 N–H and O–H groups in total. The molecule has 0 unspecified atom stereocenters. The van der Waals surface area contributed by atoms with E-state index in [0.717, 1.165) is 5.75 Å². The molecule has 0 aromatic heterocycles. The Balaban J connectivity index is 1.89. The molecule has 0 atom stereocenters. The number of hydrogen-bond donors (Lipinski definition) is 1. The van der Waals surface area contributed by atoms with Crippen molar-refractivity contribution in [1.29, 1.82) is 0 Å². The summed E-state index contributed by atoms with van der Waals surface area (Å²) in [7, 11) is -3.65. The molecule has 0 aliphatic heterocycles. The van der Waals surface area contributed by atoms with Gasteiger partial charge in [0.25, 0.3) is 0 Å². The third-order valence-corrected chi connectivity index (χ3v) is 5.59. The fourth-order valence-electron chi connectivity index (χ4n) is 2.42. The number of thioether (sulfide) groups is 1. The van der Waals surface area contributed by atoms with Gasteiger partial charge in [-0.15, -0.1) is 11.8 Å². The van der Waals surface area contributed by atoms with Crippen molar-refractivity contribution in [3.05, 3.63) is 53.1 Å². The normalized spacial score (nSPS) is 11.5. The minimum absolute atomic E-state index is 0.0881. The predicted molar refractivity (Wildman–Crippen MR) is 94.7 cm³/mol. The number of primary sulfonamides is 1. The fourth-order valence-corrected chi connectivity index (χ4v) is 3.88. The molecule has 0 spiro atoms. The van der Waals surface area contributed by atoms with Gasteiger partial charge in [0.05, 0.1) is 11.5 Å². The van der Waals surface area contributed by atoms with Crippen molar-refractivity contribution in [3.8, 4) is 5.75 Å². The van der Waals surface area contributed by atoms with Crippen LogP contribution >= 0.6 is 11.8 Å². The molecule has 23 heavy (non-hydrogen) atoms. The second kappa shape index (κ2) is 7.38. The zero-order valence-corrected chi connectivity index (χ0v) is 15.1. The summed E-state index contributed by atoms with van der Waals surface area (Å²) in [6.45, 7) is 6.89. The molecule has 2 rings (SSSR count). The second-order valence-electron chi connectivity index (χ2n) is 5.44. The van der Waals surface area contributed by atoms with Gasteiger partial charge in [-0.2, -0.15) is 0 Å². The number of aryl methyl sites for hydroxylation is 3. The third kappa shape index (κ3) is 4.99. The van der Waals surface area contributed by atoms with Crippen LogP contribution in [0.25, 0.3) is 0 Å². The molecule has 2 aromatic carbocycles. The van der Waals surface area contributed by atoms with E-state index in [-0.39, 0.29) is 4.90 Å². The van der Waals surface area contributed by atoms with Crippen LogP contribution in [0.1, 0.15) is 16.7 Å². The quantitative estimate of drug-likeness (QED) is 0.639. The van der Waals surface area contributed by atoms with E-state index < -0.39 is 10.0 Å². The Morgan fingerprint density at radius 1 is 1.04 bits per heavy atom. The highest BCUT2D eigenvalue weighted by Gasteiger charge is 2.07. The Morgan fingerprint density at radius 2 is 1.61 bits per heavy atom. The first kappa shape index (κ1) is 17.8. The smallest absolute Gasteiger partial charge is 0.238 e. The lowest BCUT2D eigenvalue weighted by atomic mass is 10.1. The molecule has 6 heteroatoms. The van der Waals surface area contributed by atoms with Crippen LogP contribution in [0.5, 0.6) is 5.75 Å². The molecule has 0 fully saturated rings. The molecule has 0 radical (unpaired) electrons. The number of sulfonamides is 1. The zero-order valence-electron chi connectivity index (χ0n) is 13.5. The minimum Gasteiger partial charge on any atom is -0.493 e.